The average Bonchev–Trinajstić information content (AvgIpc) is 2.38. The van der Waals surface area contributed by atoms with Gasteiger partial charge in [-0.05, 0) is 31.4 Å². The third-order valence-corrected chi connectivity index (χ3v) is 2.96. The molecule has 1 heterocycles. The zero-order valence-corrected chi connectivity index (χ0v) is 9.69. The van der Waals surface area contributed by atoms with Crippen LogP contribution in [0.3, 0.4) is 0 Å². The minimum Gasteiger partial charge on any atom is -0.475 e. The van der Waals surface area contributed by atoms with Crippen molar-refractivity contribution >= 4 is 0 Å². The van der Waals surface area contributed by atoms with Crippen LogP contribution < -0.4 is 0 Å². The minimum absolute atomic E-state index is 0.621. The van der Waals surface area contributed by atoms with Gasteiger partial charge in [0.1, 0.15) is 6.61 Å². The smallest absolute Gasteiger partial charge is 0.182 e. The van der Waals surface area contributed by atoms with Gasteiger partial charge in [-0.3, -0.25) is 0 Å². The Kier molecular flexibility index (Phi) is 3.86. The SMILES string of the molecule is C=C(OCc1ccccc1)N1CCCCC1. The molecule has 1 aliphatic rings. The molecule has 1 fully saturated rings. The van der Waals surface area contributed by atoms with Crippen LogP contribution in [0.25, 0.3) is 0 Å². The summed E-state index contributed by atoms with van der Waals surface area (Å²) in [6, 6.07) is 10.2. The third-order valence-electron chi connectivity index (χ3n) is 2.96. The Balaban J connectivity index is 1.79. The zero-order chi connectivity index (χ0) is 11.2. The lowest BCUT2D eigenvalue weighted by Crippen LogP contribution is -2.29. The molecule has 2 heteroatoms. The molecule has 86 valence electrons. The van der Waals surface area contributed by atoms with Crippen molar-refractivity contribution in [2.45, 2.75) is 25.9 Å². The molecule has 16 heavy (non-hydrogen) atoms. The van der Waals surface area contributed by atoms with Gasteiger partial charge in [0.25, 0.3) is 0 Å². The lowest BCUT2D eigenvalue weighted by molar-refractivity contribution is 0.0919. The van der Waals surface area contributed by atoms with Crippen molar-refractivity contribution in [1.82, 2.24) is 4.90 Å². The minimum atomic E-state index is 0.621. The Morgan fingerprint density at radius 1 is 1.12 bits per heavy atom. The molecule has 0 amide bonds. The predicted octanol–water partition coefficient (Wildman–Crippen LogP) is 3.16. The van der Waals surface area contributed by atoms with E-state index >= 15 is 0 Å². The molecular weight excluding hydrogens is 198 g/mol. The van der Waals surface area contributed by atoms with E-state index in [0.717, 1.165) is 19.0 Å². The van der Waals surface area contributed by atoms with Crippen molar-refractivity contribution in [2.24, 2.45) is 0 Å². The van der Waals surface area contributed by atoms with Gasteiger partial charge in [-0.15, -0.1) is 0 Å². The molecule has 2 rings (SSSR count). The van der Waals surface area contributed by atoms with Crippen LogP contribution in [0.15, 0.2) is 42.8 Å². The number of hydrogen-bond acceptors (Lipinski definition) is 2. The summed E-state index contributed by atoms with van der Waals surface area (Å²) in [5.41, 5.74) is 1.20. The Hall–Kier alpha value is -1.44. The first kappa shape index (κ1) is 11.1. The van der Waals surface area contributed by atoms with E-state index in [1.807, 2.05) is 18.2 Å². The molecule has 0 saturated carbocycles. The first-order valence-electron chi connectivity index (χ1n) is 5.97. The van der Waals surface area contributed by atoms with Gasteiger partial charge in [0.2, 0.25) is 0 Å². The lowest BCUT2D eigenvalue weighted by Gasteiger charge is -2.29. The van der Waals surface area contributed by atoms with Crippen LogP contribution in [-0.4, -0.2) is 18.0 Å². The van der Waals surface area contributed by atoms with E-state index in [1.54, 1.807) is 0 Å². The van der Waals surface area contributed by atoms with Gasteiger partial charge >= 0.3 is 0 Å². The Morgan fingerprint density at radius 3 is 2.50 bits per heavy atom. The highest BCUT2D eigenvalue weighted by Gasteiger charge is 2.12. The molecular formula is C14H19NO. The van der Waals surface area contributed by atoms with Gasteiger partial charge in [0.05, 0.1) is 0 Å². The standard InChI is InChI=1S/C14H19NO/c1-13(15-10-6-3-7-11-15)16-12-14-8-4-2-5-9-14/h2,4-5,8-9H,1,3,6-7,10-12H2. The normalized spacial score (nSPS) is 15.9. The second-order valence-electron chi connectivity index (χ2n) is 4.22. The molecule has 0 atom stereocenters. The predicted molar refractivity (Wildman–Crippen MR) is 65.8 cm³/mol. The van der Waals surface area contributed by atoms with E-state index in [0.29, 0.717) is 6.61 Å². The number of ether oxygens (including phenoxy) is 1. The topological polar surface area (TPSA) is 12.5 Å². The van der Waals surface area contributed by atoms with Gasteiger partial charge < -0.3 is 9.64 Å². The quantitative estimate of drug-likeness (QED) is 0.718. The number of benzene rings is 1. The third kappa shape index (κ3) is 3.02. The van der Waals surface area contributed by atoms with E-state index in [9.17, 15) is 0 Å². The van der Waals surface area contributed by atoms with Crippen LogP contribution in [0.1, 0.15) is 24.8 Å². The van der Waals surface area contributed by atoms with Crippen molar-refractivity contribution in [3.05, 3.63) is 48.4 Å². The summed E-state index contributed by atoms with van der Waals surface area (Å²) in [6.07, 6.45) is 3.85. The fraction of sp³-hybridized carbons (Fsp3) is 0.429. The van der Waals surface area contributed by atoms with Crippen molar-refractivity contribution < 1.29 is 4.74 Å². The number of likely N-dealkylation sites (tertiary alicyclic amines) is 1. The van der Waals surface area contributed by atoms with E-state index in [-0.39, 0.29) is 0 Å². The molecule has 1 aromatic carbocycles. The Bertz CT molecular complexity index is 328. The summed E-state index contributed by atoms with van der Waals surface area (Å²) in [6.45, 7) is 6.80. The molecule has 1 aromatic rings. The first-order valence-corrected chi connectivity index (χ1v) is 5.97. The molecule has 1 saturated heterocycles. The van der Waals surface area contributed by atoms with Gasteiger partial charge in [0, 0.05) is 13.1 Å². The molecule has 0 aliphatic carbocycles. The molecule has 0 N–H and O–H groups in total. The summed E-state index contributed by atoms with van der Waals surface area (Å²) in [7, 11) is 0. The monoisotopic (exact) mass is 217 g/mol. The van der Waals surface area contributed by atoms with Crippen LogP contribution in [0, 0.1) is 0 Å². The number of hydrogen-bond donors (Lipinski definition) is 0. The number of nitrogens with zero attached hydrogens (tertiary/aromatic N) is 1. The number of rotatable bonds is 4. The van der Waals surface area contributed by atoms with Gasteiger partial charge in [-0.1, -0.05) is 30.3 Å². The van der Waals surface area contributed by atoms with Gasteiger partial charge in [0.15, 0.2) is 5.88 Å². The lowest BCUT2D eigenvalue weighted by atomic mass is 10.1. The van der Waals surface area contributed by atoms with E-state index in [1.165, 1.54) is 24.8 Å². The molecule has 2 nitrogen and oxygen atoms in total. The maximum absolute atomic E-state index is 5.70. The summed E-state index contributed by atoms with van der Waals surface area (Å²) in [4.78, 5) is 2.24. The van der Waals surface area contributed by atoms with E-state index in [2.05, 4.69) is 23.6 Å². The van der Waals surface area contributed by atoms with Crippen LogP contribution in [0.4, 0.5) is 0 Å². The maximum Gasteiger partial charge on any atom is 0.182 e. The van der Waals surface area contributed by atoms with Crippen LogP contribution in [0.2, 0.25) is 0 Å². The van der Waals surface area contributed by atoms with Crippen LogP contribution in [-0.2, 0) is 11.3 Å². The van der Waals surface area contributed by atoms with E-state index in [4.69, 9.17) is 4.74 Å². The Morgan fingerprint density at radius 2 is 1.81 bits per heavy atom. The zero-order valence-electron chi connectivity index (χ0n) is 9.69. The van der Waals surface area contributed by atoms with Crippen molar-refractivity contribution in [2.75, 3.05) is 13.1 Å². The fourth-order valence-electron chi connectivity index (χ4n) is 1.98. The highest BCUT2D eigenvalue weighted by atomic mass is 16.5. The van der Waals surface area contributed by atoms with Gasteiger partial charge in [-0.25, -0.2) is 0 Å². The molecule has 0 unspecified atom stereocenters. The molecule has 0 bridgehead atoms. The summed E-state index contributed by atoms with van der Waals surface area (Å²) < 4.78 is 5.70. The second kappa shape index (κ2) is 5.59. The fourth-order valence-corrected chi connectivity index (χ4v) is 1.98. The highest BCUT2D eigenvalue weighted by molar-refractivity contribution is 5.13. The molecule has 0 spiro atoms. The van der Waals surface area contributed by atoms with E-state index < -0.39 is 0 Å². The van der Waals surface area contributed by atoms with Gasteiger partial charge in [-0.2, -0.15) is 0 Å². The second-order valence-corrected chi connectivity index (χ2v) is 4.22. The molecule has 0 radical (unpaired) electrons. The van der Waals surface area contributed by atoms with Crippen molar-refractivity contribution in [1.29, 1.82) is 0 Å². The summed E-state index contributed by atoms with van der Waals surface area (Å²) in [5.74, 6) is 0.823. The molecule has 1 aliphatic heterocycles. The largest absolute Gasteiger partial charge is 0.475 e. The first-order chi connectivity index (χ1) is 7.86. The molecule has 0 aromatic heterocycles. The number of piperidine rings is 1. The maximum atomic E-state index is 5.70. The average molecular weight is 217 g/mol. The highest BCUT2D eigenvalue weighted by Crippen LogP contribution is 2.15. The summed E-state index contributed by atoms with van der Waals surface area (Å²) in [5, 5.41) is 0. The van der Waals surface area contributed by atoms with Crippen LogP contribution >= 0.6 is 0 Å². The van der Waals surface area contributed by atoms with Crippen LogP contribution in [0.5, 0.6) is 0 Å². The van der Waals surface area contributed by atoms with Crippen molar-refractivity contribution in [3.8, 4) is 0 Å². The van der Waals surface area contributed by atoms with Crippen molar-refractivity contribution in [3.63, 3.8) is 0 Å². The summed E-state index contributed by atoms with van der Waals surface area (Å²) >= 11 is 0. The Labute approximate surface area is 97.5 Å².